The normalized spacial score (nSPS) is 20.4. The lowest BCUT2D eigenvalue weighted by molar-refractivity contribution is -0.117. The Labute approximate surface area is 174 Å². The zero-order chi connectivity index (χ0) is 20.1. The third-order valence-electron chi connectivity index (χ3n) is 5.36. The highest BCUT2D eigenvalue weighted by Crippen LogP contribution is 2.45. The highest BCUT2D eigenvalue weighted by Gasteiger charge is 2.46. The molecule has 8 nitrogen and oxygen atoms in total. The molecule has 0 unspecified atom stereocenters. The van der Waals surface area contributed by atoms with Crippen LogP contribution in [0.4, 0.5) is 26.2 Å². The zero-order valence-electron chi connectivity index (χ0n) is 16.5. The molecule has 1 fully saturated rings. The first-order valence-electron chi connectivity index (χ1n) is 9.34. The van der Waals surface area contributed by atoms with E-state index < -0.39 is 5.92 Å². The molecule has 2 aliphatic rings. The molecule has 1 amide bonds. The lowest BCUT2D eigenvalue weighted by Gasteiger charge is -2.34. The summed E-state index contributed by atoms with van der Waals surface area (Å²) in [4.78, 5) is 23.0. The summed E-state index contributed by atoms with van der Waals surface area (Å²) in [5.41, 5.74) is 2.17. The lowest BCUT2D eigenvalue weighted by Crippen LogP contribution is -2.46. The number of hydrogen-bond acceptors (Lipinski definition) is 6. The number of carbonyl (C=O) groups is 1. The van der Waals surface area contributed by atoms with E-state index >= 15 is 0 Å². The molecular weight excluding hydrogens is 400 g/mol. The van der Waals surface area contributed by atoms with E-state index in [4.69, 9.17) is 0 Å². The topological polar surface area (TPSA) is 88.0 Å². The molecule has 0 aromatic carbocycles. The molecule has 0 saturated heterocycles. The molecule has 158 valence electrons. The molecule has 2 aromatic heterocycles. The average molecular weight is 426 g/mol. The van der Waals surface area contributed by atoms with E-state index in [1.165, 1.54) is 0 Å². The summed E-state index contributed by atoms with van der Waals surface area (Å²) in [5.74, 6) is -1.51. The third-order valence-corrected chi connectivity index (χ3v) is 5.36. The van der Waals surface area contributed by atoms with Crippen LogP contribution in [0.5, 0.6) is 0 Å². The van der Waals surface area contributed by atoms with Crippen LogP contribution in [0.3, 0.4) is 0 Å². The van der Waals surface area contributed by atoms with Crippen molar-refractivity contribution >= 4 is 36.9 Å². The molecule has 2 N–H and O–H groups in total. The second-order valence-electron chi connectivity index (χ2n) is 7.46. The summed E-state index contributed by atoms with van der Waals surface area (Å²) in [7, 11) is 1.85. The van der Waals surface area contributed by atoms with Gasteiger partial charge >= 0.3 is 0 Å². The number of alkyl halides is 2. The molecule has 4 rings (SSSR count). The number of nitrogens with zero attached hydrogens (tertiary/aromatic N) is 5. The second kappa shape index (κ2) is 7.77. The third kappa shape index (κ3) is 4.00. The smallest absolute Gasteiger partial charge is 0.252 e. The van der Waals surface area contributed by atoms with Gasteiger partial charge in [0, 0.05) is 38.2 Å². The summed E-state index contributed by atoms with van der Waals surface area (Å²) in [6, 6.07) is -0.511. The lowest BCUT2D eigenvalue weighted by atomic mass is 9.88. The molecule has 0 spiro atoms. The first-order chi connectivity index (χ1) is 13.3. The molecular formula is C18H25F2N7OS. The Morgan fingerprint density at radius 2 is 2.07 bits per heavy atom. The van der Waals surface area contributed by atoms with Crippen molar-refractivity contribution < 1.29 is 13.6 Å². The summed E-state index contributed by atoms with van der Waals surface area (Å²) in [6.07, 6.45) is 3.79. The van der Waals surface area contributed by atoms with Gasteiger partial charge in [0.25, 0.3) is 5.92 Å². The average Bonchev–Trinajstić information content (AvgIpc) is 3.08. The minimum atomic E-state index is -2.57. The number of nitrogens with one attached hydrogen (secondary N) is 2. The predicted molar refractivity (Wildman–Crippen MR) is 111 cm³/mol. The van der Waals surface area contributed by atoms with Crippen molar-refractivity contribution in [3.05, 3.63) is 23.7 Å². The van der Waals surface area contributed by atoms with Gasteiger partial charge in [-0.25, -0.2) is 13.8 Å². The Morgan fingerprint density at radius 3 is 2.72 bits per heavy atom. The van der Waals surface area contributed by atoms with E-state index in [1.807, 2.05) is 25.8 Å². The zero-order valence-corrected chi connectivity index (χ0v) is 17.5. The molecule has 1 atom stereocenters. The highest BCUT2D eigenvalue weighted by molar-refractivity contribution is 7.59. The van der Waals surface area contributed by atoms with E-state index in [2.05, 4.69) is 25.7 Å². The summed E-state index contributed by atoms with van der Waals surface area (Å²) >= 11 is 0. The number of carbonyl (C=O) groups excluding carboxylic acids is 1. The first-order valence-corrected chi connectivity index (χ1v) is 9.34. The number of aryl methyl sites for hydroxylation is 1. The molecule has 1 aliphatic heterocycles. The number of fused-ring (bicyclic) bond motifs is 1. The van der Waals surface area contributed by atoms with Crippen molar-refractivity contribution in [1.82, 2.24) is 19.7 Å². The molecule has 1 aliphatic carbocycles. The standard InChI is InChI=1S/C18H23F2N7O.H2S/c1-4-13-16(28)24-14-10(2)23-17(25-15(14)26(13)3)21-7-11-8-22-27(9-11)12-5-18(19,20)6-12;/h8-9,12-13H,4-7H2,1-3H3,(H,24,28)(H,21,23,25);1H2/t13-;/m0./s1. The predicted octanol–water partition coefficient (Wildman–Crippen LogP) is 2.84. The molecule has 29 heavy (non-hydrogen) atoms. The van der Waals surface area contributed by atoms with Gasteiger partial charge in [0.05, 0.1) is 17.9 Å². The molecule has 1 saturated carbocycles. The van der Waals surface area contributed by atoms with Gasteiger partial charge < -0.3 is 15.5 Å². The Bertz CT molecular complexity index is 912. The van der Waals surface area contributed by atoms with Crippen LogP contribution < -0.4 is 15.5 Å². The van der Waals surface area contributed by atoms with Crippen LogP contribution >= 0.6 is 13.5 Å². The molecule has 0 bridgehead atoms. The van der Waals surface area contributed by atoms with Gasteiger partial charge in [-0.05, 0) is 13.3 Å². The van der Waals surface area contributed by atoms with E-state index in [1.54, 1.807) is 17.1 Å². The maximum Gasteiger partial charge on any atom is 0.252 e. The minimum Gasteiger partial charge on any atom is -0.350 e. The van der Waals surface area contributed by atoms with Crippen LogP contribution in [0, 0.1) is 6.92 Å². The van der Waals surface area contributed by atoms with Gasteiger partial charge in [0.1, 0.15) is 11.7 Å². The van der Waals surface area contributed by atoms with Crippen molar-refractivity contribution in [2.24, 2.45) is 0 Å². The van der Waals surface area contributed by atoms with Crippen LogP contribution in [-0.2, 0) is 11.3 Å². The van der Waals surface area contributed by atoms with E-state index in [0.29, 0.717) is 36.1 Å². The Balaban J connectivity index is 0.00000240. The van der Waals surface area contributed by atoms with E-state index in [0.717, 1.165) is 5.56 Å². The summed E-state index contributed by atoms with van der Waals surface area (Å²) in [5, 5.41) is 10.2. The van der Waals surface area contributed by atoms with Gasteiger partial charge in [-0.1, -0.05) is 6.92 Å². The fourth-order valence-electron chi connectivity index (χ4n) is 3.69. The Hall–Kier alpha value is -2.43. The SMILES string of the molecule is CC[C@H]1C(=O)Nc2c(C)nc(NCc3cnn(C4CC(F)(F)C4)c3)nc2N1C.S. The minimum absolute atomic E-state index is 0. The van der Waals surface area contributed by atoms with Crippen molar-refractivity contribution in [2.75, 3.05) is 22.6 Å². The summed E-state index contributed by atoms with van der Waals surface area (Å²) < 4.78 is 27.7. The molecule has 2 aromatic rings. The van der Waals surface area contributed by atoms with E-state index in [9.17, 15) is 13.6 Å². The Kier molecular flexibility index (Phi) is 5.70. The van der Waals surface area contributed by atoms with Crippen LogP contribution in [0.15, 0.2) is 12.4 Å². The van der Waals surface area contributed by atoms with Crippen molar-refractivity contribution in [2.45, 2.75) is 57.7 Å². The van der Waals surface area contributed by atoms with Gasteiger partial charge in [-0.15, -0.1) is 0 Å². The second-order valence-corrected chi connectivity index (χ2v) is 7.46. The van der Waals surface area contributed by atoms with Gasteiger partial charge in [-0.2, -0.15) is 23.6 Å². The highest BCUT2D eigenvalue weighted by atomic mass is 32.1. The van der Waals surface area contributed by atoms with E-state index in [-0.39, 0.29) is 44.3 Å². The maximum absolute atomic E-state index is 13.0. The number of hydrogen-bond donors (Lipinski definition) is 2. The molecule has 0 radical (unpaired) electrons. The maximum atomic E-state index is 13.0. The van der Waals surface area contributed by atoms with Gasteiger partial charge in [0.15, 0.2) is 5.82 Å². The molecule has 11 heteroatoms. The van der Waals surface area contributed by atoms with Crippen LogP contribution in [0.2, 0.25) is 0 Å². The fourth-order valence-corrected chi connectivity index (χ4v) is 3.69. The van der Waals surface area contributed by atoms with Crippen LogP contribution in [0.25, 0.3) is 0 Å². The van der Waals surface area contributed by atoms with Gasteiger partial charge in [0.2, 0.25) is 11.9 Å². The number of likely N-dealkylation sites (N-methyl/N-ethyl adjacent to an activating group) is 1. The number of halogens is 2. The summed E-state index contributed by atoms with van der Waals surface area (Å²) in [6.45, 7) is 4.20. The largest absolute Gasteiger partial charge is 0.350 e. The van der Waals surface area contributed by atoms with Crippen LogP contribution in [0.1, 0.15) is 43.5 Å². The quantitative estimate of drug-likeness (QED) is 0.766. The van der Waals surface area contributed by atoms with Crippen LogP contribution in [-0.4, -0.2) is 44.7 Å². The first kappa shape index (κ1) is 21.3. The number of rotatable bonds is 5. The number of aromatic nitrogens is 4. The number of anilines is 3. The molecule has 3 heterocycles. The fraction of sp³-hybridized carbons (Fsp3) is 0.556. The van der Waals surface area contributed by atoms with Gasteiger partial charge in [-0.3, -0.25) is 9.48 Å². The van der Waals surface area contributed by atoms with Crippen molar-refractivity contribution in [3.8, 4) is 0 Å². The Morgan fingerprint density at radius 1 is 1.34 bits per heavy atom. The van der Waals surface area contributed by atoms with Crippen molar-refractivity contribution in [3.63, 3.8) is 0 Å². The number of amides is 1. The van der Waals surface area contributed by atoms with Crippen molar-refractivity contribution in [1.29, 1.82) is 0 Å². The monoisotopic (exact) mass is 425 g/mol.